The van der Waals surface area contributed by atoms with Crippen LogP contribution in [-0.2, 0) is 0 Å². The van der Waals surface area contributed by atoms with Gasteiger partial charge in [0.15, 0.2) is 0 Å². The molecule has 0 atom stereocenters. The largest absolute Gasteiger partial charge is 0.477 e. The van der Waals surface area contributed by atoms with Gasteiger partial charge in [-0.2, -0.15) is 0 Å². The summed E-state index contributed by atoms with van der Waals surface area (Å²) in [6, 6.07) is 11.3. The average Bonchev–Trinajstić information content (AvgIpc) is 2.90. The second kappa shape index (κ2) is 6.18. The van der Waals surface area contributed by atoms with E-state index in [0.29, 0.717) is 10.7 Å². The molecule has 2 N–H and O–H groups in total. The smallest absolute Gasteiger partial charge is 0.346 e. The second-order valence-electron chi connectivity index (χ2n) is 5.18. The van der Waals surface area contributed by atoms with Crippen LogP contribution in [0.1, 0.15) is 20.8 Å². The molecule has 0 saturated heterocycles. The molecule has 0 aliphatic rings. The molecule has 0 aliphatic heterocycles. The van der Waals surface area contributed by atoms with E-state index in [0.717, 1.165) is 27.5 Å². The lowest BCUT2D eigenvalue weighted by Gasteiger charge is -2.06. The normalized spacial score (nSPS) is 10.5. The molecule has 3 aromatic heterocycles. The van der Waals surface area contributed by atoms with E-state index >= 15 is 0 Å². The van der Waals surface area contributed by atoms with Crippen LogP contribution in [0.15, 0.2) is 42.6 Å². The molecule has 0 saturated carbocycles. The van der Waals surface area contributed by atoms with E-state index in [1.807, 2.05) is 43.3 Å². The molecule has 0 radical (unpaired) electrons. The van der Waals surface area contributed by atoms with Crippen molar-refractivity contribution in [3.8, 4) is 10.6 Å². The summed E-state index contributed by atoms with van der Waals surface area (Å²) in [5, 5.41) is 12.3. The lowest BCUT2D eigenvalue weighted by molar-refractivity contribution is 0.0701. The fourth-order valence-corrected chi connectivity index (χ4v) is 3.18. The molecular weight excluding hydrogens is 310 g/mol. The van der Waals surface area contributed by atoms with E-state index in [1.165, 1.54) is 11.3 Å². The summed E-state index contributed by atoms with van der Waals surface area (Å²) in [5.41, 5.74) is 2.60. The molecule has 5 nitrogen and oxygen atoms in total. The Morgan fingerprint density at radius 2 is 2.00 bits per heavy atom. The zero-order valence-electron chi connectivity index (χ0n) is 12.7. The highest BCUT2D eigenvalue weighted by Gasteiger charge is 2.14. The zero-order valence-corrected chi connectivity index (χ0v) is 13.5. The minimum atomic E-state index is -0.906. The maximum Gasteiger partial charge on any atom is 0.346 e. The van der Waals surface area contributed by atoms with Crippen LogP contribution in [0.25, 0.3) is 10.6 Å². The van der Waals surface area contributed by atoms with Crippen molar-refractivity contribution < 1.29 is 9.90 Å². The van der Waals surface area contributed by atoms with Crippen LogP contribution < -0.4 is 5.32 Å². The first kappa shape index (κ1) is 15.2. The number of nitrogens with one attached hydrogen (secondary N) is 1. The number of aryl methyl sites for hydroxylation is 2. The number of rotatable bonds is 4. The van der Waals surface area contributed by atoms with Gasteiger partial charge in [-0.1, -0.05) is 6.07 Å². The van der Waals surface area contributed by atoms with Crippen LogP contribution in [0.3, 0.4) is 0 Å². The number of carbonyl (C=O) groups is 1. The predicted molar refractivity (Wildman–Crippen MR) is 91.5 cm³/mol. The monoisotopic (exact) mass is 325 g/mol. The van der Waals surface area contributed by atoms with E-state index < -0.39 is 5.97 Å². The maximum atomic E-state index is 11.2. The third kappa shape index (κ3) is 3.37. The molecule has 23 heavy (non-hydrogen) atoms. The number of pyridine rings is 2. The minimum absolute atomic E-state index is 0.348. The fraction of sp³-hybridized carbons (Fsp3) is 0.118. The summed E-state index contributed by atoms with van der Waals surface area (Å²) in [7, 11) is 0. The SMILES string of the molecule is Cc1ccnc(Nc2cccc(-c3cc(C)c(C(=O)O)s3)n2)c1. The van der Waals surface area contributed by atoms with Crippen LogP contribution in [0.5, 0.6) is 0 Å². The Morgan fingerprint density at radius 3 is 2.70 bits per heavy atom. The summed E-state index contributed by atoms with van der Waals surface area (Å²) < 4.78 is 0. The van der Waals surface area contributed by atoms with Gasteiger partial charge in [-0.25, -0.2) is 14.8 Å². The summed E-state index contributed by atoms with van der Waals surface area (Å²) >= 11 is 1.23. The van der Waals surface area contributed by atoms with Crippen LogP contribution >= 0.6 is 11.3 Å². The van der Waals surface area contributed by atoms with Gasteiger partial charge in [0.25, 0.3) is 0 Å². The molecule has 0 amide bonds. The molecule has 3 rings (SSSR count). The van der Waals surface area contributed by atoms with E-state index in [1.54, 1.807) is 13.1 Å². The van der Waals surface area contributed by atoms with Crippen molar-refractivity contribution in [3.05, 3.63) is 58.6 Å². The van der Waals surface area contributed by atoms with Crippen molar-refractivity contribution in [2.24, 2.45) is 0 Å². The van der Waals surface area contributed by atoms with Crippen molar-refractivity contribution in [1.82, 2.24) is 9.97 Å². The maximum absolute atomic E-state index is 11.2. The number of aromatic nitrogens is 2. The molecule has 0 bridgehead atoms. The Bertz CT molecular complexity index is 874. The van der Waals surface area contributed by atoms with Crippen molar-refractivity contribution in [3.63, 3.8) is 0 Å². The highest BCUT2D eigenvalue weighted by atomic mass is 32.1. The third-order valence-electron chi connectivity index (χ3n) is 3.29. The van der Waals surface area contributed by atoms with Gasteiger partial charge in [0, 0.05) is 6.20 Å². The average molecular weight is 325 g/mol. The Balaban J connectivity index is 1.91. The first-order chi connectivity index (χ1) is 11.0. The highest BCUT2D eigenvalue weighted by molar-refractivity contribution is 7.17. The third-order valence-corrected chi connectivity index (χ3v) is 4.53. The number of nitrogens with zero attached hydrogens (tertiary/aromatic N) is 2. The summed E-state index contributed by atoms with van der Waals surface area (Å²) in [6.07, 6.45) is 1.74. The molecule has 0 spiro atoms. The zero-order chi connectivity index (χ0) is 16.4. The van der Waals surface area contributed by atoms with E-state index in [2.05, 4.69) is 15.3 Å². The number of hydrogen-bond acceptors (Lipinski definition) is 5. The summed E-state index contributed by atoms with van der Waals surface area (Å²) in [4.78, 5) is 21.2. The Morgan fingerprint density at radius 1 is 1.17 bits per heavy atom. The molecule has 3 heterocycles. The molecule has 3 aromatic rings. The second-order valence-corrected chi connectivity index (χ2v) is 6.23. The molecule has 116 valence electrons. The van der Waals surface area contributed by atoms with Gasteiger partial charge in [0.05, 0.1) is 10.6 Å². The lowest BCUT2D eigenvalue weighted by atomic mass is 10.2. The number of anilines is 2. The van der Waals surface area contributed by atoms with Crippen LogP contribution in [0, 0.1) is 13.8 Å². The number of carboxylic acid groups (broad SMARTS) is 1. The van der Waals surface area contributed by atoms with E-state index in [-0.39, 0.29) is 0 Å². The molecule has 0 fully saturated rings. The first-order valence-corrected chi connectivity index (χ1v) is 7.85. The van der Waals surface area contributed by atoms with Crippen LogP contribution in [0.2, 0.25) is 0 Å². The van der Waals surface area contributed by atoms with E-state index in [9.17, 15) is 9.90 Å². The lowest BCUT2D eigenvalue weighted by Crippen LogP contribution is -1.96. The van der Waals surface area contributed by atoms with Crippen LogP contribution in [-0.4, -0.2) is 21.0 Å². The van der Waals surface area contributed by atoms with Gasteiger partial charge in [-0.05, 0) is 55.3 Å². The van der Waals surface area contributed by atoms with Gasteiger partial charge in [-0.15, -0.1) is 11.3 Å². The molecular formula is C17H15N3O2S. The van der Waals surface area contributed by atoms with E-state index in [4.69, 9.17) is 0 Å². The van der Waals surface area contributed by atoms with Crippen molar-refractivity contribution in [2.75, 3.05) is 5.32 Å². The number of aromatic carboxylic acids is 1. The van der Waals surface area contributed by atoms with Gasteiger partial charge in [0.2, 0.25) is 0 Å². The molecule has 0 aliphatic carbocycles. The predicted octanol–water partition coefficient (Wildman–Crippen LogP) is 4.26. The van der Waals surface area contributed by atoms with Crippen molar-refractivity contribution >= 4 is 28.9 Å². The summed E-state index contributed by atoms with van der Waals surface area (Å²) in [5.74, 6) is 0.490. The number of hydrogen-bond donors (Lipinski definition) is 2. The Kier molecular flexibility index (Phi) is 4.08. The standard InChI is InChI=1S/C17H15N3O2S/c1-10-6-7-18-15(8-10)20-14-5-3-4-12(19-14)13-9-11(2)16(23-13)17(21)22/h3-9H,1-2H3,(H,21,22)(H,18,19,20). The topological polar surface area (TPSA) is 75.1 Å². The van der Waals surface area contributed by atoms with Crippen molar-refractivity contribution in [1.29, 1.82) is 0 Å². The number of thiophene rings is 1. The fourth-order valence-electron chi connectivity index (χ4n) is 2.20. The van der Waals surface area contributed by atoms with Gasteiger partial charge in [0.1, 0.15) is 16.5 Å². The van der Waals surface area contributed by atoms with Gasteiger partial charge >= 0.3 is 5.97 Å². The molecule has 0 unspecified atom stereocenters. The molecule has 6 heteroatoms. The summed E-state index contributed by atoms with van der Waals surface area (Å²) in [6.45, 7) is 3.79. The minimum Gasteiger partial charge on any atom is -0.477 e. The van der Waals surface area contributed by atoms with Gasteiger partial charge < -0.3 is 10.4 Å². The molecule has 0 aromatic carbocycles. The van der Waals surface area contributed by atoms with Gasteiger partial charge in [-0.3, -0.25) is 0 Å². The number of carboxylic acids is 1. The quantitative estimate of drug-likeness (QED) is 0.749. The first-order valence-electron chi connectivity index (χ1n) is 7.04. The highest BCUT2D eigenvalue weighted by Crippen LogP contribution is 2.31. The Hall–Kier alpha value is -2.73. The Labute approximate surface area is 137 Å². The van der Waals surface area contributed by atoms with Crippen molar-refractivity contribution in [2.45, 2.75) is 13.8 Å². The van der Waals surface area contributed by atoms with Crippen LogP contribution in [0.4, 0.5) is 11.6 Å².